The quantitative estimate of drug-likeness (QED) is 0.756. The number of amides is 2. The number of carbonyl (C=O) groups is 2. The van der Waals surface area contributed by atoms with Crippen molar-refractivity contribution in [1.82, 2.24) is 10.2 Å². The van der Waals surface area contributed by atoms with Gasteiger partial charge in [-0.05, 0) is 50.6 Å². The number of nitrogens with one attached hydrogen (secondary N) is 2. The molecule has 0 radical (unpaired) electrons. The van der Waals surface area contributed by atoms with E-state index in [9.17, 15) is 9.59 Å². The van der Waals surface area contributed by atoms with Gasteiger partial charge in [0, 0.05) is 12.1 Å². The summed E-state index contributed by atoms with van der Waals surface area (Å²) in [5.41, 5.74) is 5.25. The Morgan fingerprint density at radius 3 is 2.41 bits per heavy atom. The zero-order valence-electron chi connectivity index (χ0n) is 17.5. The largest absolute Gasteiger partial charge is 0.488 e. The van der Waals surface area contributed by atoms with Crippen molar-refractivity contribution in [2.75, 3.05) is 32.0 Å². The van der Waals surface area contributed by atoms with Gasteiger partial charge in [0.05, 0.1) is 19.6 Å². The van der Waals surface area contributed by atoms with Crippen molar-refractivity contribution in [2.45, 2.75) is 33.3 Å². The summed E-state index contributed by atoms with van der Waals surface area (Å²) >= 11 is 0. The zero-order valence-corrected chi connectivity index (χ0v) is 17.5. The standard InChI is InChI=1S/C23H29N3O3/c1-15-9-16(2)23(17(3)10-15)25-22(28)14-26(4)13-21(27)24-12-19-11-18-7-5-6-8-20(18)29-19/h5-10,19H,11-14H2,1-4H3,(H,24,27)(H,25,28). The number of rotatable bonds is 7. The predicted octanol–water partition coefficient (Wildman–Crippen LogP) is 2.60. The molecule has 6 heteroatoms. The Balaban J connectivity index is 1.42. The number of aryl methyl sites for hydroxylation is 3. The van der Waals surface area contributed by atoms with Crippen LogP contribution in [-0.2, 0) is 16.0 Å². The van der Waals surface area contributed by atoms with E-state index in [0.29, 0.717) is 6.54 Å². The van der Waals surface area contributed by atoms with Crippen LogP contribution in [0.5, 0.6) is 5.75 Å². The lowest BCUT2D eigenvalue weighted by Crippen LogP contribution is -2.42. The Kier molecular flexibility index (Phi) is 6.54. The van der Waals surface area contributed by atoms with Crippen LogP contribution in [-0.4, -0.2) is 49.5 Å². The van der Waals surface area contributed by atoms with E-state index < -0.39 is 0 Å². The van der Waals surface area contributed by atoms with Gasteiger partial charge < -0.3 is 15.4 Å². The Bertz CT molecular complexity index is 862. The number of hydrogen-bond donors (Lipinski definition) is 2. The van der Waals surface area contributed by atoms with Crippen molar-refractivity contribution in [3.63, 3.8) is 0 Å². The lowest BCUT2D eigenvalue weighted by Gasteiger charge is -2.18. The second-order valence-corrected chi connectivity index (χ2v) is 7.85. The highest BCUT2D eigenvalue weighted by molar-refractivity contribution is 5.94. The SMILES string of the molecule is Cc1cc(C)c(NC(=O)CN(C)CC(=O)NCC2Cc3ccccc3O2)c(C)c1. The lowest BCUT2D eigenvalue weighted by atomic mass is 10.1. The molecule has 0 bridgehead atoms. The molecule has 1 heterocycles. The number of benzene rings is 2. The molecule has 0 aliphatic carbocycles. The molecule has 0 saturated carbocycles. The summed E-state index contributed by atoms with van der Waals surface area (Å²) in [4.78, 5) is 26.3. The van der Waals surface area contributed by atoms with Crippen LogP contribution < -0.4 is 15.4 Å². The van der Waals surface area contributed by atoms with Crippen LogP contribution in [0.2, 0.25) is 0 Å². The first-order valence-corrected chi connectivity index (χ1v) is 9.89. The summed E-state index contributed by atoms with van der Waals surface area (Å²) < 4.78 is 5.83. The summed E-state index contributed by atoms with van der Waals surface area (Å²) in [5, 5.41) is 5.86. The van der Waals surface area contributed by atoms with Gasteiger partial charge in [-0.1, -0.05) is 35.9 Å². The zero-order chi connectivity index (χ0) is 21.0. The Labute approximate surface area is 172 Å². The third-order valence-electron chi connectivity index (χ3n) is 5.01. The van der Waals surface area contributed by atoms with Crippen LogP contribution in [0.4, 0.5) is 5.69 Å². The van der Waals surface area contributed by atoms with Gasteiger partial charge in [-0.2, -0.15) is 0 Å². The van der Waals surface area contributed by atoms with E-state index in [1.165, 1.54) is 11.1 Å². The molecule has 0 spiro atoms. The molecule has 2 aromatic rings. The smallest absolute Gasteiger partial charge is 0.238 e. The van der Waals surface area contributed by atoms with E-state index in [1.54, 1.807) is 11.9 Å². The minimum Gasteiger partial charge on any atom is -0.488 e. The minimum atomic E-state index is -0.134. The van der Waals surface area contributed by atoms with Gasteiger partial charge in [0.2, 0.25) is 11.8 Å². The predicted molar refractivity (Wildman–Crippen MR) is 114 cm³/mol. The number of ether oxygens (including phenoxy) is 1. The highest BCUT2D eigenvalue weighted by Crippen LogP contribution is 2.27. The Morgan fingerprint density at radius 2 is 1.72 bits per heavy atom. The average molecular weight is 396 g/mol. The molecule has 29 heavy (non-hydrogen) atoms. The first kappa shape index (κ1) is 20.9. The fourth-order valence-corrected chi connectivity index (χ4v) is 3.75. The molecule has 0 aromatic heterocycles. The molecular formula is C23H29N3O3. The van der Waals surface area contributed by atoms with Crippen molar-refractivity contribution in [3.8, 4) is 5.75 Å². The number of nitrogens with zero attached hydrogens (tertiary/aromatic N) is 1. The number of para-hydroxylation sites is 1. The minimum absolute atomic E-state index is 0.0440. The van der Waals surface area contributed by atoms with E-state index in [0.717, 1.165) is 29.0 Å². The Hall–Kier alpha value is -2.86. The first-order valence-electron chi connectivity index (χ1n) is 9.89. The second-order valence-electron chi connectivity index (χ2n) is 7.85. The molecular weight excluding hydrogens is 366 g/mol. The van der Waals surface area contributed by atoms with E-state index in [-0.39, 0.29) is 31.0 Å². The molecule has 2 aromatic carbocycles. The lowest BCUT2D eigenvalue weighted by molar-refractivity contribution is -0.123. The van der Waals surface area contributed by atoms with Crippen molar-refractivity contribution >= 4 is 17.5 Å². The normalized spacial score (nSPS) is 15.0. The number of carbonyl (C=O) groups excluding carboxylic acids is 2. The fraction of sp³-hybridized carbons (Fsp3) is 0.391. The van der Waals surface area contributed by atoms with Crippen LogP contribution in [0, 0.1) is 20.8 Å². The van der Waals surface area contributed by atoms with Gasteiger partial charge in [-0.3, -0.25) is 14.5 Å². The summed E-state index contributed by atoms with van der Waals surface area (Å²) in [6, 6.07) is 12.0. The third kappa shape index (κ3) is 5.57. The molecule has 1 aliphatic heterocycles. The van der Waals surface area contributed by atoms with Gasteiger partial charge in [-0.15, -0.1) is 0 Å². The number of anilines is 1. The summed E-state index contributed by atoms with van der Waals surface area (Å²) in [6.45, 7) is 6.75. The van der Waals surface area contributed by atoms with Gasteiger partial charge in [0.25, 0.3) is 0 Å². The molecule has 6 nitrogen and oxygen atoms in total. The maximum atomic E-state index is 12.4. The number of hydrogen-bond acceptors (Lipinski definition) is 4. The molecule has 1 aliphatic rings. The first-order chi connectivity index (χ1) is 13.8. The van der Waals surface area contributed by atoms with E-state index >= 15 is 0 Å². The molecule has 1 atom stereocenters. The van der Waals surface area contributed by atoms with Gasteiger partial charge >= 0.3 is 0 Å². The van der Waals surface area contributed by atoms with E-state index in [2.05, 4.69) is 10.6 Å². The maximum absolute atomic E-state index is 12.4. The molecule has 3 rings (SSSR count). The summed E-state index contributed by atoms with van der Waals surface area (Å²) in [5.74, 6) is 0.634. The fourth-order valence-electron chi connectivity index (χ4n) is 3.75. The number of likely N-dealkylation sites (N-methyl/N-ethyl adjacent to an activating group) is 1. The Morgan fingerprint density at radius 1 is 1.07 bits per heavy atom. The monoisotopic (exact) mass is 395 g/mol. The van der Waals surface area contributed by atoms with E-state index in [1.807, 2.05) is 57.2 Å². The van der Waals surface area contributed by atoms with Crippen LogP contribution in [0.15, 0.2) is 36.4 Å². The summed E-state index contributed by atoms with van der Waals surface area (Å²) in [7, 11) is 1.76. The van der Waals surface area contributed by atoms with Crippen molar-refractivity contribution < 1.29 is 14.3 Å². The van der Waals surface area contributed by atoms with Crippen molar-refractivity contribution in [2.24, 2.45) is 0 Å². The highest BCUT2D eigenvalue weighted by atomic mass is 16.5. The van der Waals surface area contributed by atoms with Gasteiger partial charge in [0.1, 0.15) is 11.9 Å². The van der Waals surface area contributed by atoms with Gasteiger partial charge in [0.15, 0.2) is 0 Å². The third-order valence-corrected chi connectivity index (χ3v) is 5.01. The molecule has 2 N–H and O–H groups in total. The maximum Gasteiger partial charge on any atom is 0.238 e. The molecule has 154 valence electrons. The molecule has 0 fully saturated rings. The molecule has 0 saturated heterocycles. The molecule has 2 amide bonds. The topological polar surface area (TPSA) is 70.7 Å². The average Bonchev–Trinajstić information content (AvgIpc) is 3.06. The summed E-state index contributed by atoms with van der Waals surface area (Å²) in [6.07, 6.45) is 0.752. The van der Waals surface area contributed by atoms with Crippen molar-refractivity contribution in [3.05, 3.63) is 58.7 Å². The second kappa shape index (κ2) is 9.09. The van der Waals surface area contributed by atoms with Crippen LogP contribution in [0.25, 0.3) is 0 Å². The highest BCUT2D eigenvalue weighted by Gasteiger charge is 2.23. The van der Waals surface area contributed by atoms with Crippen molar-refractivity contribution in [1.29, 1.82) is 0 Å². The van der Waals surface area contributed by atoms with Crippen LogP contribution >= 0.6 is 0 Å². The molecule has 1 unspecified atom stereocenters. The van der Waals surface area contributed by atoms with Crippen LogP contribution in [0.3, 0.4) is 0 Å². The number of fused-ring (bicyclic) bond motifs is 1. The van der Waals surface area contributed by atoms with E-state index in [4.69, 9.17) is 4.74 Å². The van der Waals surface area contributed by atoms with Crippen LogP contribution in [0.1, 0.15) is 22.3 Å². The van der Waals surface area contributed by atoms with Gasteiger partial charge in [-0.25, -0.2) is 0 Å².